The summed E-state index contributed by atoms with van der Waals surface area (Å²) in [6.07, 6.45) is 0. The highest BCUT2D eigenvalue weighted by atomic mass is 32.2. The van der Waals surface area contributed by atoms with E-state index < -0.39 is 0 Å². The van der Waals surface area contributed by atoms with E-state index in [-0.39, 0.29) is 6.79 Å². The van der Waals surface area contributed by atoms with E-state index in [4.69, 9.17) is 9.47 Å². The zero-order valence-electron chi connectivity index (χ0n) is 11.0. The van der Waals surface area contributed by atoms with Crippen molar-refractivity contribution in [3.8, 4) is 11.5 Å². The Bertz CT molecular complexity index is 662. The second-order valence-electron chi connectivity index (χ2n) is 4.38. The fraction of sp³-hybridized carbons (Fsp3) is 0.0588. The Hall–Kier alpha value is -2.13. The third-order valence-corrected chi connectivity index (χ3v) is 4.04. The fourth-order valence-corrected chi connectivity index (χ4v) is 2.76. The Labute approximate surface area is 122 Å². The maximum atomic E-state index is 5.39. The van der Waals surface area contributed by atoms with E-state index >= 15 is 0 Å². The summed E-state index contributed by atoms with van der Waals surface area (Å²) in [6.45, 7) is 8.52. The maximum Gasteiger partial charge on any atom is 0.231 e. The molecule has 1 aliphatic rings. The number of allylic oxidation sites excluding steroid dienone is 1. The minimum absolute atomic E-state index is 0.283. The van der Waals surface area contributed by atoms with Crippen molar-refractivity contribution in [3.63, 3.8) is 0 Å². The van der Waals surface area contributed by atoms with Crippen molar-refractivity contribution in [2.75, 3.05) is 6.79 Å². The van der Waals surface area contributed by atoms with E-state index in [1.165, 1.54) is 0 Å². The van der Waals surface area contributed by atoms with Gasteiger partial charge in [-0.3, -0.25) is 0 Å². The standard InChI is InChI=1S/C17H14O2S/c1-12(13(2)20-15-6-4-3-5-7-15)14-8-9-16-17(10-14)19-11-18-16/h3-10H,1-2,11H2. The second kappa shape index (κ2) is 5.47. The molecule has 1 aliphatic heterocycles. The zero-order chi connectivity index (χ0) is 13.9. The molecule has 20 heavy (non-hydrogen) atoms. The van der Waals surface area contributed by atoms with Gasteiger partial charge < -0.3 is 9.47 Å². The van der Waals surface area contributed by atoms with Gasteiger partial charge in [0.25, 0.3) is 0 Å². The molecule has 3 rings (SSSR count). The van der Waals surface area contributed by atoms with Gasteiger partial charge in [-0.25, -0.2) is 0 Å². The lowest BCUT2D eigenvalue weighted by molar-refractivity contribution is 0.174. The van der Waals surface area contributed by atoms with Gasteiger partial charge in [0, 0.05) is 9.80 Å². The van der Waals surface area contributed by atoms with Crippen LogP contribution in [-0.2, 0) is 0 Å². The average Bonchev–Trinajstić information content (AvgIpc) is 2.94. The topological polar surface area (TPSA) is 18.5 Å². The normalized spacial score (nSPS) is 12.2. The Morgan fingerprint density at radius 1 is 0.950 bits per heavy atom. The quantitative estimate of drug-likeness (QED) is 0.596. The van der Waals surface area contributed by atoms with Crippen LogP contribution in [0.1, 0.15) is 5.56 Å². The molecule has 2 aromatic carbocycles. The summed E-state index contributed by atoms with van der Waals surface area (Å²) < 4.78 is 10.7. The Balaban J connectivity index is 1.77. The molecular weight excluding hydrogens is 268 g/mol. The van der Waals surface area contributed by atoms with E-state index in [2.05, 4.69) is 25.3 Å². The van der Waals surface area contributed by atoms with E-state index in [1.54, 1.807) is 11.8 Å². The average molecular weight is 282 g/mol. The van der Waals surface area contributed by atoms with Crippen LogP contribution < -0.4 is 9.47 Å². The highest BCUT2D eigenvalue weighted by Crippen LogP contribution is 2.39. The molecule has 0 atom stereocenters. The van der Waals surface area contributed by atoms with Crippen molar-refractivity contribution in [1.29, 1.82) is 0 Å². The third kappa shape index (κ3) is 2.58. The lowest BCUT2D eigenvalue weighted by Crippen LogP contribution is -1.92. The van der Waals surface area contributed by atoms with Crippen molar-refractivity contribution in [3.05, 3.63) is 72.2 Å². The molecule has 1 heterocycles. The van der Waals surface area contributed by atoms with Crippen molar-refractivity contribution in [2.45, 2.75) is 4.90 Å². The van der Waals surface area contributed by atoms with Gasteiger partial charge in [-0.05, 0) is 35.4 Å². The largest absolute Gasteiger partial charge is 0.454 e. The van der Waals surface area contributed by atoms with E-state index in [0.717, 1.165) is 32.4 Å². The van der Waals surface area contributed by atoms with E-state index in [1.807, 2.05) is 36.4 Å². The number of hydrogen-bond acceptors (Lipinski definition) is 3. The van der Waals surface area contributed by atoms with E-state index in [9.17, 15) is 0 Å². The maximum absolute atomic E-state index is 5.39. The molecule has 0 unspecified atom stereocenters. The number of benzene rings is 2. The highest BCUT2D eigenvalue weighted by molar-refractivity contribution is 8.03. The molecule has 0 aromatic heterocycles. The Kier molecular flexibility index (Phi) is 3.52. The predicted octanol–water partition coefficient (Wildman–Crippen LogP) is 4.73. The Morgan fingerprint density at radius 3 is 2.50 bits per heavy atom. The number of ether oxygens (including phenoxy) is 2. The van der Waals surface area contributed by atoms with Crippen LogP contribution in [0.15, 0.2) is 71.5 Å². The fourth-order valence-electron chi connectivity index (χ4n) is 1.94. The van der Waals surface area contributed by atoms with Gasteiger partial charge in [0.1, 0.15) is 0 Å². The van der Waals surface area contributed by atoms with Crippen molar-refractivity contribution in [1.82, 2.24) is 0 Å². The molecule has 0 N–H and O–H groups in total. The number of thioether (sulfide) groups is 1. The third-order valence-electron chi connectivity index (χ3n) is 3.04. The summed E-state index contributed by atoms with van der Waals surface area (Å²) >= 11 is 1.61. The molecule has 0 radical (unpaired) electrons. The summed E-state index contributed by atoms with van der Waals surface area (Å²) in [5.74, 6) is 1.55. The van der Waals surface area contributed by atoms with Crippen molar-refractivity contribution in [2.24, 2.45) is 0 Å². The summed E-state index contributed by atoms with van der Waals surface area (Å²) in [5.41, 5.74) is 1.90. The Morgan fingerprint density at radius 2 is 1.70 bits per heavy atom. The molecular formula is C17H14O2S. The SMILES string of the molecule is C=C(Sc1ccccc1)C(=C)c1ccc2c(c1)OCO2. The van der Waals surface area contributed by atoms with Gasteiger partial charge in [-0.2, -0.15) is 0 Å². The monoisotopic (exact) mass is 282 g/mol. The van der Waals surface area contributed by atoms with Crippen LogP contribution in [0.3, 0.4) is 0 Å². The second-order valence-corrected chi connectivity index (χ2v) is 5.55. The molecule has 2 aromatic rings. The first-order valence-electron chi connectivity index (χ1n) is 6.25. The molecule has 0 amide bonds. The van der Waals surface area contributed by atoms with Crippen LogP contribution in [0.4, 0.5) is 0 Å². The molecule has 0 aliphatic carbocycles. The van der Waals surface area contributed by atoms with Crippen molar-refractivity contribution < 1.29 is 9.47 Å². The number of hydrogen-bond donors (Lipinski definition) is 0. The van der Waals surface area contributed by atoms with Gasteiger partial charge in [-0.1, -0.05) is 49.2 Å². The van der Waals surface area contributed by atoms with Gasteiger partial charge in [0.2, 0.25) is 6.79 Å². The first-order chi connectivity index (χ1) is 9.74. The van der Waals surface area contributed by atoms with Gasteiger partial charge in [0.15, 0.2) is 11.5 Å². The van der Waals surface area contributed by atoms with Gasteiger partial charge in [-0.15, -0.1) is 0 Å². The minimum Gasteiger partial charge on any atom is -0.454 e. The number of fused-ring (bicyclic) bond motifs is 1. The van der Waals surface area contributed by atoms with E-state index in [0.29, 0.717) is 0 Å². The lowest BCUT2D eigenvalue weighted by Gasteiger charge is -2.10. The summed E-state index contributed by atoms with van der Waals surface area (Å²) in [4.78, 5) is 2.08. The first-order valence-corrected chi connectivity index (χ1v) is 7.07. The molecule has 0 fully saturated rings. The predicted molar refractivity (Wildman–Crippen MR) is 83.0 cm³/mol. The zero-order valence-corrected chi connectivity index (χ0v) is 11.8. The van der Waals surface area contributed by atoms with Crippen LogP contribution in [0.5, 0.6) is 11.5 Å². The van der Waals surface area contributed by atoms with Crippen LogP contribution in [-0.4, -0.2) is 6.79 Å². The lowest BCUT2D eigenvalue weighted by atomic mass is 10.1. The molecule has 0 saturated carbocycles. The van der Waals surface area contributed by atoms with Crippen LogP contribution in [0.25, 0.3) is 5.57 Å². The number of rotatable bonds is 4. The molecule has 0 spiro atoms. The molecule has 3 heteroatoms. The van der Waals surface area contributed by atoms with Gasteiger partial charge >= 0.3 is 0 Å². The summed E-state index contributed by atoms with van der Waals surface area (Å²) in [7, 11) is 0. The molecule has 100 valence electrons. The molecule has 2 nitrogen and oxygen atoms in total. The van der Waals surface area contributed by atoms with Crippen molar-refractivity contribution >= 4 is 17.3 Å². The summed E-state index contributed by atoms with van der Waals surface area (Å²) in [5, 5.41) is 0. The minimum atomic E-state index is 0.283. The van der Waals surface area contributed by atoms with Gasteiger partial charge in [0.05, 0.1) is 0 Å². The molecule has 0 bridgehead atoms. The van der Waals surface area contributed by atoms with Crippen LogP contribution in [0, 0.1) is 0 Å². The highest BCUT2D eigenvalue weighted by Gasteiger charge is 2.15. The first kappa shape index (κ1) is 12.9. The van der Waals surface area contributed by atoms with Crippen LogP contribution >= 0.6 is 11.8 Å². The molecule has 0 saturated heterocycles. The smallest absolute Gasteiger partial charge is 0.231 e. The van der Waals surface area contributed by atoms with Crippen LogP contribution in [0.2, 0.25) is 0 Å². The summed E-state index contributed by atoms with van der Waals surface area (Å²) in [6, 6.07) is 16.0.